The SMILES string of the molecule is CC(C)C(=O)OCC(O)COc1ccc(C(C)(C)c2ccc(OCC(O)COC(=O)C(C)(C)C)cc2)cc1. The molecule has 2 aromatic rings. The number of hydrogen-bond acceptors (Lipinski definition) is 8. The Morgan fingerprint density at radius 3 is 1.45 bits per heavy atom. The lowest BCUT2D eigenvalue weighted by atomic mass is 9.78. The molecule has 0 radical (unpaired) electrons. The van der Waals surface area contributed by atoms with E-state index < -0.39 is 17.6 Å². The van der Waals surface area contributed by atoms with Gasteiger partial charge in [-0.1, -0.05) is 52.0 Å². The smallest absolute Gasteiger partial charge is 0.311 e. The second-order valence-electron chi connectivity index (χ2n) is 11.2. The van der Waals surface area contributed by atoms with Gasteiger partial charge in [0.1, 0.15) is 50.1 Å². The molecular weight excluding hydrogens is 488 g/mol. The van der Waals surface area contributed by atoms with Crippen LogP contribution >= 0.6 is 0 Å². The number of carbonyl (C=O) groups is 2. The summed E-state index contributed by atoms with van der Waals surface area (Å²) in [5.41, 5.74) is 1.22. The summed E-state index contributed by atoms with van der Waals surface area (Å²) in [7, 11) is 0. The predicted molar refractivity (Wildman–Crippen MR) is 144 cm³/mol. The van der Waals surface area contributed by atoms with E-state index in [0.717, 1.165) is 11.1 Å². The monoisotopic (exact) mass is 530 g/mol. The highest BCUT2D eigenvalue weighted by Gasteiger charge is 2.25. The number of hydrogen-bond donors (Lipinski definition) is 2. The minimum Gasteiger partial charge on any atom is -0.491 e. The molecule has 2 unspecified atom stereocenters. The Morgan fingerprint density at radius 2 is 1.08 bits per heavy atom. The van der Waals surface area contributed by atoms with Gasteiger partial charge in [0, 0.05) is 5.41 Å². The molecule has 0 aromatic heterocycles. The molecule has 0 amide bonds. The largest absolute Gasteiger partial charge is 0.491 e. The zero-order valence-corrected chi connectivity index (χ0v) is 23.5. The van der Waals surface area contributed by atoms with Crippen molar-refractivity contribution in [2.24, 2.45) is 11.3 Å². The quantitative estimate of drug-likeness (QED) is 0.369. The van der Waals surface area contributed by atoms with Crippen molar-refractivity contribution in [2.45, 2.75) is 66.1 Å². The molecule has 0 fully saturated rings. The van der Waals surface area contributed by atoms with E-state index in [0.29, 0.717) is 11.5 Å². The van der Waals surface area contributed by atoms with Gasteiger partial charge in [0.25, 0.3) is 0 Å². The molecule has 210 valence electrons. The lowest BCUT2D eigenvalue weighted by Gasteiger charge is -2.26. The van der Waals surface area contributed by atoms with Crippen molar-refractivity contribution in [2.75, 3.05) is 26.4 Å². The van der Waals surface area contributed by atoms with Crippen LogP contribution in [0.4, 0.5) is 0 Å². The van der Waals surface area contributed by atoms with Gasteiger partial charge in [0.15, 0.2) is 0 Å². The highest BCUT2D eigenvalue weighted by Crippen LogP contribution is 2.33. The van der Waals surface area contributed by atoms with E-state index in [1.165, 1.54) is 0 Å². The lowest BCUT2D eigenvalue weighted by molar-refractivity contribution is -0.156. The second kappa shape index (κ2) is 13.6. The summed E-state index contributed by atoms with van der Waals surface area (Å²) in [6, 6.07) is 15.3. The Balaban J connectivity index is 1.87. The summed E-state index contributed by atoms with van der Waals surface area (Å²) in [5.74, 6) is 0.241. The molecule has 0 bridgehead atoms. The van der Waals surface area contributed by atoms with Crippen LogP contribution in [-0.2, 0) is 24.5 Å². The normalized spacial score (nSPS) is 13.5. The lowest BCUT2D eigenvalue weighted by Crippen LogP contribution is -2.30. The van der Waals surface area contributed by atoms with E-state index in [9.17, 15) is 19.8 Å². The van der Waals surface area contributed by atoms with E-state index in [4.69, 9.17) is 18.9 Å². The van der Waals surface area contributed by atoms with Crippen LogP contribution in [0.2, 0.25) is 0 Å². The van der Waals surface area contributed by atoms with Crippen LogP contribution in [0.25, 0.3) is 0 Å². The first-order chi connectivity index (χ1) is 17.7. The average Bonchev–Trinajstić information content (AvgIpc) is 2.87. The maximum atomic E-state index is 11.8. The molecule has 2 N–H and O–H groups in total. The molecule has 2 aromatic carbocycles. The zero-order chi connectivity index (χ0) is 28.5. The number of aliphatic hydroxyl groups excluding tert-OH is 2. The van der Waals surface area contributed by atoms with E-state index in [1.54, 1.807) is 34.6 Å². The van der Waals surface area contributed by atoms with Crippen molar-refractivity contribution in [3.8, 4) is 11.5 Å². The van der Waals surface area contributed by atoms with Crippen molar-refractivity contribution < 1.29 is 38.7 Å². The molecule has 38 heavy (non-hydrogen) atoms. The third-order valence-electron chi connectivity index (χ3n) is 5.95. The molecule has 0 saturated carbocycles. The third-order valence-corrected chi connectivity index (χ3v) is 5.95. The number of benzene rings is 2. The molecule has 0 spiro atoms. The topological polar surface area (TPSA) is 112 Å². The van der Waals surface area contributed by atoms with E-state index >= 15 is 0 Å². The Hall–Kier alpha value is -3.10. The summed E-state index contributed by atoms with van der Waals surface area (Å²) in [4.78, 5) is 23.3. The molecule has 8 nitrogen and oxygen atoms in total. The molecule has 0 saturated heterocycles. The van der Waals surface area contributed by atoms with Crippen molar-refractivity contribution in [3.05, 3.63) is 59.7 Å². The van der Waals surface area contributed by atoms with Crippen LogP contribution in [0.15, 0.2) is 48.5 Å². The number of rotatable bonds is 13. The number of carbonyl (C=O) groups excluding carboxylic acids is 2. The Bertz CT molecular complexity index is 1020. The first kappa shape index (κ1) is 31.1. The Kier molecular flexibility index (Phi) is 11.2. The van der Waals surface area contributed by atoms with Crippen molar-refractivity contribution in [1.29, 1.82) is 0 Å². The number of aliphatic hydroxyl groups is 2. The van der Waals surface area contributed by atoms with Crippen molar-refractivity contribution >= 4 is 11.9 Å². The van der Waals surface area contributed by atoms with Crippen LogP contribution in [0.1, 0.15) is 59.6 Å². The van der Waals surface area contributed by atoms with E-state index in [-0.39, 0.29) is 49.7 Å². The van der Waals surface area contributed by atoms with Crippen LogP contribution in [-0.4, -0.2) is 60.8 Å². The van der Waals surface area contributed by atoms with Gasteiger partial charge in [-0.2, -0.15) is 0 Å². The van der Waals surface area contributed by atoms with Gasteiger partial charge in [0.2, 0.25) is 0 Å². The van der Waals surface area contributed by atoms with Crippen LogP contribution in [0.5, 0.6) is 11.5 Å². The van der Waals surface area contributed by atoms with Crippen LogP contribution in [0.3, 0.4) is 0 Å². The Labute approximate surface area is 225 Å². The minimum atomic E-state index is -0.922. The fourth-order valence-electron chi connectivity index (χ4n) is 3.32. The molecule has 2 atom stereocenters. The van der Waals surface area contributed by atoms with Gasteiger partial charge < -0.3 is 29.2 Å². The molecule has 0 aliphatic heterocycles. The van der Waals surface area contributed by atoms with Gasteiger partial charge in [-0.3, -0.25) is 9.59 Å². The first-order valence-corrected chi connectivity index (χ1v) is 12.9. The molecule has 2 rings (SSSR count). The van der Waals surface area contributed by atoms with Gasteiger partial charge in [-0.25, -0.2) is 0 Å². The predicted octanol–water partition coefficient (Wildman–Crippen LogP) is 4.28. The standard InChI is InChI=1S/C30H42O8/c1-20(2)27(33)37-18-23(31)16-35-25-12-8-21(9-13-25)30(6,7)22-10-14-26(15-11-22)36-17-24(32)19-38-28(34)29(3,4)5/h8-15,20,23-24,31-32H,16-19H2,1-7H3. The highest BCUT2D eigenvalue weighted by molar-refractivity contribution is 5.75. The molecular formula is C30H42O8. The maximum Gasteiger partial charge on any atom is 0.311 e. The van der Waals surface area contributed by atoms with E-state index in [2.05, 4.69) is 13.8 Å². The maximum absolute atomic E-state index is 11.8. The molecule has 8 heteroatoms. The van der Waals surface area contributed by atoms with Gasteiger partial charge in [-0.05, 0) is 56.2 Å². The van der Waals surface area contributed by atoms with Crippen molar-refractivity contribution in [3.63, 3.8) is 0 Å². The molecule has 0 aliphatic rings. The molecule has 0 aliphatic carbocycles. The highest BCUT2D eigenvalue weighted by atomic mass is 16.6. The van der Waals surface area contributed by atoms with Crippen molar-refractivity contribution in [1.82, 2.24) is 0 Å². The van der Waals surface area contributed by atoms with Crippen LogP contribution < -0.4 is 9.47 Å². The average molecular weight is 531 g/mol. The minimum absolute atomic E-state index is 0.0104. The van der Waals surface area contributed by atoms with Gasteiger partial charge >= 0.3 is 11.9 Å². The fraction of sp³-hybridized carbons (Fsp3) is 0.533. The fourth-order valence-corrected chi connectivity index (χ4v) is 3.32. The van der Waals surface area contributed by atoms with Gasteiger partial charge in [0.05, 0.1) is 11.3 Å². The number of esters is 2. The Morgan fingerprint density at radius 1 is 0.684 bits per heavy atom. The summed E-state index contributed by atoms with van der Waals surface area (Å²) >= 11 is 0. The summed E-state index contributed by atoms with van der Waals surface area (Å²) in [6.45, 7) is 12.8. The zero-order valence-electron chi connectivity index (χ0n) is 23.5. The third kappa shape index (κ3) is 9.65. The van der Waals surface area contributed by atoms with Gasteiger partial charge in [-0.15, -0.1) is 0 Å². The molecule has 0 heterocycles. The second-order valence-corrected chi connectivity index (χ2v) is 11.2. The summed E-state index contributed by atoms with van der Waals surface area (Å²) < 4.78 is 21.4. The van der Waals surface area contributed by atoms with Crippen LogP contribution in [0, 0.1) is 11.3 Å². The van der Waals surface area contributed by atoms with E-state index in [1.807, 2.05) is 48.5 Å². The number of ether oxygens (including phenoxy) is 4. The summed E-state index contributed by atoms with van der Waals surface area (Å²) in [5, 5.41) is 20.1. The first-order valence-electron chi connectivity index (χ1n) is 12.9. The summed E-state index contributed by atoms with van der Waals surface area (Å²) in [6.07, 6.45) is -1.83.